The Kier molecular flexibility index (Phi) is 4.57. The number of benzene rings is 1. The molecule has 1 aliphatic heterocycles. The summed E-state index contributed by atoms with van der Waals surface area (Å²) >= 11 is 5.80. The zero-order chi connectivity index (χ0) is 15.6. The molecule has 0 spiro atoms. The lowest BCUT2D eigenvalue weighted by molar-refractivity contribution is 0.0270. The van der Waals surface area contributed by atoms with Crippen molar-refractivity contribution in [3.63, 3.8) is 0 Å². The molecule has 0 unspecified atom stereocenters. The van der Waals surface area contributed by atoms with Crippen molar-refractivity contribution in [2.75, 3.05) is 13.1 Å². The number of nitrogens with zero attached hydrogens (tertiary/aromatic N) is 1. The maximum Gasteiger partial charge on any atom is 0.410 e. The molecule has 0 N–H and O–H groups in total. The molecule has 0 saturated carbocycles. The lowest BCUT2D eigenvalue weighted by Gasteiger charge is -2.29. The molecule has 1 amide bonds. The molecule has 3 nitrogen and oxygen atoms in total. The van der Waals surface area contributed by atoms with Crippen LogP contribution in [0, 0.1) is 5.82 Å². The molecule has 0 atom stereocenters. The molecule has 1 heterocycles. The maximum atomic E-state index is 13.2. The molecular formula is C16H19ClFNO2. The molecule has 5 heteroatoms. The SMILES string of the molecule is CC(C)(C)OC(=O)N1CC=C(c2ccc(F)c(Cl)c2)CC1. The predicted molar refractivity (Wildman–Crippen MR) is 81.8 cm³/mol. The number of halogens is 2. The summed E-state index contributed by atoms with van der Waals surface area (Å²) in [6.45, 7) is 6.60. The summed E-state index contributed by atoms with van der Waals surface area (Å²) in [5.41, 5.74) is 1.47. The van der Waals surface area contributed by atoms with Crippen LogP contribution in [0.15, 0.2) is 24.3 Å². The van der Waals surface area contributed by atoms with Crippen molar-refractivity contribution in [1.29, 1.82) is 0 Å². The third-order valence-electron chi connectivity index (χ3n) is 3.15. The van der Waals surface area contributed by atoms with Crippen LogP contribution in [-0.2, 0) is 4.74 Å². The Morgan fingerprint density at radius 3 is 2.62 bits per heavy atom. The molecule has 0 saturated heterocycles. The molecule has 114 valence electrons. The zero-order valence-corrected chi connectivity index (χ0v) is 13.2. The quantitative estimate of drug-likeness (QED) is 0.764. The van der Waals surface area contributed by atoms with Crippen LogP contribution in [0.3, 0.4) is 0 Å². The molecule has 0 fully saturated rings. The summed E-state index contributed by atoms with van der Waals surface area (Å²) in [6.07, 6.45) is 2.34. The Morgan fingerprint density at radius 2 is 2.10 bits per heavy atom. The van der Waals surface area contributed by atoms with Gasteiger partial charge in [0.1, 0.15) is 11.4 Å². The number of rotatable bonds is 1. The number of hydrogen-bond donors (Lipinski definition) is 0. The summed E-state index contributed by atoms with van der Waals surface area (Å²) in [5, 5.41) is 0.114. The maximum absolute atomic E-state index is 13.2. The number of ether oxygens (including phenoxy) is 1. The highest BCUT2D eigenvalue weighted by molar-refractivity contribution is 6.30. The monoisotopic (exact) mass is 311 g/mol. The Bertz CT molecular complexity index is 578. The van der Waals surface area contributed by atoms with Crippen LogP contribution in [0.2, 0.25) is 5.02 Å². The molecule has 0 aromatic heterocycles. The molecule has 0 aliphatic carbocycles. The van der Waals surface area contributed by atoms with E-state index in [-0.39, 0.29) is 11.1 Å². The first kappa shape index (κ1) is 15.8. The van der Waals surface area contributed by atoms with Gasteiger partial charge in [0, 0.05) is 13.1 Å². The van der Waals surface area contributed by atoms with E-state index >= 15 is 0 Å². The average Bonchev–Trinajstić information content (AvgIpc) is 2.40. The Hall–Kier alpha value is -1.55. The highest BCUT2D eigenvalue weighted by Gasteiger charge is 2.23. The van der Waals surface area contributed by atoms with Gasteiger partial charge < -0.3 is 9.64 Å². The fourth-order valence-corrected chi connectivity index (χ4v) is 2.30. The van der Waals surface area contributed by atoms with Crippen LogP contribution in [0.1, 0.15) is 32.8 Å². The number of carbonyl (C=O) groups excluding carboxylic acids is 1. The Morgan fingerprint density at radius 1 is 1.38 bits per heavy atom. The third-order valence-corrected chi connectivity index (χ3v) is 3.44. The van der Waals surface area contributed by atoms with Crippen molar-refractivity contribution >= 4 is 23.3 Å². The van der Waals surface area contributed by atoms with Gasteiger partial charge in [-0.2, -0.15) is 0 Å². The van der Waals surface area contributed by atoms with Crippen LogP contribution < -0.4 is 0 Å². The van der Waals surface area contributed by atoms with E-state index in [1.807, 2.05) is 26.8 Å². The number of carbonyl (C=O) groups is 1. The van der Waals surface area contributed by atoms with Gasteiger partial charge in [0.05, 0.1) is 5.02 Å². The molecule has 0 radical (unpaired) electrons. The van der Waals surface area contributed by atoms with Crippen molar-refractivity contribution < 1.29 is 13.9 Å². The second kappa shape index (κ2) is 6.06. The lowest BCUT2D eigenvalue weighted by atomic mass is 10.00. The van der Waals surface area contributed by atoms with Gasteiger partial charge in [-0.05, 0) is 50.5 Å². The lowest BCUT2D eigenvalue weighted by Crippen LogP contribution is -2.39. The number of hydrogen-bond acceptors (Lipinski definition) is 2. The molecule has 0 bridgehead atoms. The zero-order valence-electron chi connectivity index (χ0n) is 12.5. The molecule has 2 rings (SSSR count). The van der Waals surface area contributed by atoms with E-state index in [2.05, 4.69) is 0 Å². The predicted octanol–water partition coefficient (Wildman–Crippen LogP) is 4.50. The first-order chi connectivity index (χ1) is 9.76. The average molecular weight is 312 g/mol. The normalized spacial score (nSPS) is 15.7. The second-order valence-electron chi connectivity index (χ2n) is 6.03. The van der Waals surface area contributed by atoms with Crippen molar-refractivity contribution in [2.45, 2.75) is 32.8 Å². The van der Waals surface area contributed by atoms with Gasteiger partial charge in [-0.15, -0.1) is 0 Å². The first-order valence-electron chi connectivity index (χ1n) is 6.88. The van der Waals surface area contributed by atoms with Gasteiger partial charge in [-0.1, -0.05) is 23.7 Å². The smallest absolute Gasteiger partial charge is 0.410 e. The van der Waals surface area contributed by atoms with E-state index in [4.69, 9.17) is 16.3 Å². The van der Waals surface area contributed by atoms with Crippen LogP contribution in [0.25, 0.3) is 5.57 Å². The largest absolute Gasteiger partial charge is 0.444 e. The summed E-state index contributed by atoms with van der Waals surface area (Å²) < 4.78 is 18.5. The fourth-order valence-electron chi connectivity index (χ4n) is 2.12. The topological polar surface area (TPSA) is 29.5 Å². The Labute approximate surface area is 129 Å². The van der Waals surface area contributed by atoms with Crippen molar-refractivity contribution in [1.82, 2.24) is 4.90 Å². The minimum atomic E-state index is -0.494. The van der Waals surface area contributed by atoms with Crippen molar-refractivity contribution in [3.8, 4) is 0 Å². The fraction of sp³-hybridized carbons (Fsp3) is 0.438. The Balaban J connectivity index is 2.05. The van der Waals surface area contributed by atoms with Crippen LogP contribution in [-0.4, -0.2) is 29.7 Å². The van der Waals surface area contributed by atoms with Gasteiger partial charge >= 0.3 is 6.09 Å². The van der Waals surface area contributed by atoms with Gasteiger partial charge in [-0.3, -0.25) is 0 Å². The molecule has 1 aliphatic rings. The van der Waals surface area contributed by atoms with Crippen LogP contribution in [0.4, 0.5) is 9.18 Å². The minimum Gasteiger partial charge on any atom is -0.444 e. The summed E-state index contributed by atoms with van der Waals surface area (Å²) in [5.74, 6) is -0.424. The van der Waals surface area contributed by atoms with Gasteiger partial charge in [-0.25, -0.2) is 9.18 Å². The van der Waals surface area contributed by atoms with Crippen molar-refractivity contribution in [2.24, 2.45) is 0 Å². The van der Waals surface area contributed by atoms with Crippen molar-refractivity contribution in [3.05, 3.63) is 40.7 Å². The highest BCUT2D eigenvalue weighted by Crippen LogP contribution is 2.26. The highest BCUT2D eigenvalue weighted by atomic mass is 35.5. The molecule has 21 heavy (non-hydrogen) atoms. The van der Waals surface area contributed by atoms with E-state index in [1.54, 1.807) is 17.0 Å². The third kappa shape index (κ3) is 4.21. The van der Waals surface area contributed by atoms with E-state index < -0.39 is 11.4 Å². The molecule has 1 aromatic carbocycles. The van der Waals surface area contributed by atoms with Gasteiger partial charge in [0.2, 0.25) is 0 Å². The molecular weight excluding hydrogens is 293 g/mol. The van der Waals surface area contributed by atoms with E-state index in [9.17, 15) is 9.18 Å². The minimum absolute atomic E-state index is 0.114. The van der Waals surface area contributed by atoms with E-state index in [0.29, 0.717) is 19.5 Å². The number of amides is 1. The summed E-state index contributed by atoms with van der Waals surface area (Å²) in [4.78, 5) is 13.6. The van der Waals surface area contributed by atoms with E-state index in [1.165, 1.54) is 6.07 Å². The summed E-state index contributed by atoms with van der Waals surface area (Å²) in [6, 6.07) is 4.68. The van der Waals surface area contributed by atoms with Crippen LogP contribution in [0.5, 0.6) is 0 Å². The molecule has 1 aromatic rings. The van der Waals surface area contributed by atoms with E-state index in [0.717, 1.165) is 11.1 Å². The summed E-state index contributed by atoms with van der Waals surface area (Å²) in [7, 11) is 0. The van der Waals surface area contributed by atoms with Crippen LogP contribution >= 0.6 is 11.6 Å². The van der Waals surface area contributed by atoms with Gasteiger partial charge in [0.15, 0.2) is 0 Å². The van der Waals surface area contributed by atoms with Gasteiger partial charge in [0.25, 0.3) is 0 Å². The first-order valence-corrected chi connectivity index (χ1v) is 7.26. The standard InChI is InChI=1S/C16H19ClFNO2/c1-16(2,3)21-15(20)19-8-6-11(7-9-19)12-4-5-14(18)13(17)10-12/h4-6,10H,7-9H2,1-3H3. The second-order valence-corrected chi connectivity index (χ2v) is 6.44.